The minimum absolute atomic E-state index is 0.223. The molecule has 0 spiro atoms. The van der Waals surface area contributed by atoms with Gasteiger partial charge in [-0.2, -0.15) is 0 Å². The van der Waals surface area contributed by atoms with Crippen LogP contribution in [-0.4, -0.2) is 21.5 Å². The molecule has 1 atom stereocenters. The average Bonchev–Trinajstić information content (AvgIpc) is 2.24. The number of hydrogen-bond acceptors (Lipinski definition) is 3. The number of likely N-dealkylation sites (N-methyl/N-ethyl adjacent to an activating group) is 1. The van der Waals surface area contributed by atoms with E-state index < -0.39 is 10.0 Å². The van der Waals surface area contributed by atoms with Crippen LogP contribution in [0.2, 0.25) is 0 Å². The van der Waals surface area contributed by atoms with E-state index >= 15 is 0 Å². The maximum atomic E-state index is 11.5. The lowest BCUT2D eigenvalue weighted by molar-refractivity contribution is 0.422. The number of nitrogens with two attached hydrogens (primary N) is 1. The smallest absolute Gasteiger partial charge is 0.238 e. The van der Waals surface area contributed by atoms with Crippen LogP contribution in [0.5, 0.6) is 0 Å². The topological polar surface area (TPSA) is 72.2 Å². The fourth-order valence-electron chi connectivity index (χ4n) is 1.86. The van der Waals surface area contributed by atoms with Gasteiger partial charge >= 0.3 is 0 Å². The normalized spacial score (nSPS) is 13.9. The molecule has 0 bridgehead atoms. The first-order valence-corrected chi connectivity index (χ1v) is 7.19. The monoisotopic (exact) mass is 256 g/mol. The fraction of sp³-hybridized carbons (Fsp3) is 0.500. The molecule has 3 N–H and O–H groups in total. The summed E-state index contributed by atoms with van der Waals surface area (Å²) >= 11 is 0. The van der Waals surface area contributed by atoms with Crippen molar-refractivity contribution in [3.63, 3.8) is 0 Å². The summed E-state index contributed by atoms with van der Waals surface area (Å²) in [7, 11) is -1.76. The number of rotatable bonds is 5. The molecule has 0 saturated heterocycles. The molecule has 96 valence electrons. The molecule has 1 rings (SSSR count). The summed E-state index contributed by atoms with van der Waals surface area (Å²) in [5, 5.41) is 8.40. The molecule has 1 aromatic carbocycles. The fourth-order valence-corrected chi connectivity index (χ4v) is 2.64. The second kappa shape index (κ2) is 5.62. The van der Waals surface area contributed by atoms with Crippen molar-refractivity contribution in [1.82, 2.24) is 5.32 Å². The molecule has 0 fully saturated rings. The summed E-state index contributed by atoms with van der Waals surface area (Å²) < 4.78 is 22.9. The van der Waals surface area contributed by atoms with Crippen LogP contribution in [0.15, 0.2) is 29.2 Å². The van der Waals surface area contributed by atoms with Crippen molar-refractivity contribution in [3.8, 4) is 0 Å². The van der Waals surface area contributed by atoms with E-state index in [0.29, 0.717) is 12.3 Å². The summed E-state index contributed by atoms with van der Waals surface area (Å²) in [5.41, 5.74) is 0.767. The zero-order chi connectivity index (χ0) is 13.1. The molecule has 0 radical (unpaired) electrons. The molecule has 0 saturated carbocycles. The minimum Gasteiger partial charge on any atom is -0.316 e. The van der Waals surface area contributed by atoms with Crippen molar-refractivity contribution in [2.75, 3.05) is 7.05 Å². The molecule has 1 aromatic rings. The van der Waals surface area contributed by atoms with E-state index in [1.165, 1.54) is 0 Å². The number of primary sulfonamides is 1. The molecular weight excluding hydrogens is 236 g/mol. The molecular formula is C12H20N2O2S. The van der Waals surface area contributed by atoms with E-state index in [1.54, 1.807) is 12.1 Å². The number of sulfonamides is 1. The highest BCUT2D eigenvalue weighted by Crippen LogP contribution is 2.17. The third-order valence-corrected chi connectivity index (χ3v) is 3.91. The van der Waals surface area contributed by atoms with Gasteiger partial charge in [-0.1, -0.05) is 32.0 Å². The van der Waals surface area contributed by atoms with Gasteiger partial charge in [-0.25, -0.2) is 13.6 Å². The zero-order valence-corrected chi connectivity index (χ0v) is 11.3. The second-order valence-corrected chi connectivity index (χ2v) is 6.03. The molecule has 17 heavy (non-hydrogen) atoms. The van der Waals surface area contributed by atoms with Crippen LogP contribution in [0.4, 0.5) is 0 Å². The van der Waals surface area contributed by atoms with Crippen molar-refractivity contribution < 1.29 is 8.42 Å². The molecule has 0 aliphatic carbocycles. The quantitative estimate of drug-likeness (QED) is 0.829. The van der Waals surface area contributed by atoms with Gasteiger partial charge < -0.3 is 5.32 Å². The van der Waals surface area contributed by atoms with Gasteiger partial charge in [0.15, 0.2) is 0 Å². The van der Waals surface area contributed by atoms with Crippen LogP contribution in [0, 0.1) is 5.92 Å². The van der Waals surface area contributed by atoms with Crippen LogP contribution in [0.3, 0.4) is 0 Å². The van der Waals surface area contributed by atoms with Gasteiger partial charge in [0.1, 0.15) is 0 Å². The highest BCUT2D eigenvalue weighted by Gasteiger charge is 2.18. The highest BCUT2D eigenvalue weighted by atomic mass is 32.2. The molecule has 5 heteroatoms. The first-order valence-electron chi connectivity index (χ1n) is 5.64. The van der Waals surface area contributed by atoms with Crippen LogP contribution in [0.25, 0.3) is 0 Å². The van der Waals surface area contributed by atoms with Gasteiger partial charge in [-0.15, -0.1) is 0 Å². The maximum absolute atomic E-state index is 11.5. The Hall–Kier alpha value is -0.910. The Morgan fingerprint density at radius 1 is 1.29 bits per heavy atom. The molecule has 0 aliphatic rings. The maximum Gasteiger partial charge on any atom is 0.238 e. The SMILES string of the molecule is CNC(Cc1ccccc1S(N)(=O)=O)C(C)C. The van der Waals surface area contributed by atoms with Gasteiger partial charge in [0, 0.05) is 6.04 Å². The minimum atomic E-state index is -3.64. The van der Waals surface area contributed by atoms with E-state index in [1.807, 2.05) is 19.2 Å². The second-order valence-electron chi connectivity index (χ2n) is 4.50. The van der Waals surface area contributed by atoms with Crippen molar-refractivity contribution in [2.24, 2.45) is 11.1 Å². The summed E-state index contributed by atoms with van der Waals surface area (Å²) in [4.78, 5) is 0.223. The molecule has 0 aromatic heterocycles. The van der Waals surface area contributed by atoms with Crippen molar-refractivity contribution in [1.29, 1.82) is 0 Å². The average molecular weight is 256 g/mol. The molecule has 0 aliphatic heterocycles. The van der Waals surface area contributed by atoms with E-state index in [-0.39, 0.29) is 10.9 Å². The van der Waals surface area contributed by atoms with Crippen LogP contribution < -0.4 is 10.5 Å². The Bertz CT molecular complexity index is 469. The third kappa shape index (κ3) is 3.80. The van der Waals surface area contributed by atoms with Crippen molar-refractivity contribution in [3.05, 3.63) is 29.8 Å². The van der Waals surface area contributed by atoms with Gasteiger partial charge in [0.05, 0.1) is 4.90 Å². The molecule has 1 unspecified atom stereocenters. The van der Waals surface area contributed by atoms with Crippen LogP contribution >= 0.6 is 0 Å². The van der Waals surface area contributed by atoms with Crippen molar-refractivity contribution in [2.45, 2.75) is 31.2 Å². The predicted octanol–water partition coefficient (Wildman–Crippen LogP) is 1.12. The summed E-state index contributed by atoms with van der Waals surface area (Å²) in [6.07, 6.45) is 0.654. The van der Waals surface area contributed by atoms with E-state index in [0.717, 1.165) is 5.56 Å². The lowest BCUT2D eigenvalue weighted by atomic mass is 9.97. The Balaban J connectivity index is 3.07. The largest absolute Gasteiger partial charge is 0.316 e. The van der Waals surface area contributed by atoms with Gasteiger partial charge in [0.25, 0.3) is 0 Å². The van der Waals surface area contributed by atoms with Gasteiger partial charge in [-0.3, -0.25) is 0 Å². The van der Waals surface area contributed by atoms with Gasteiger partial charge in [-0.05, 0) is 31.0 Å². The van der Waals surface area contributed by atoms with Crippen molar-refractivity contribution >= 4 is 10.0 Å². The number of hydrogen-bond donors (Lipinski definition) is 2. The summed E-state index contributed by atoms with van der Waals surface area (Å²) in [6.45, 7) is 4.20. The standard InChI is InChI=1S/C12H20N2O2S/c1-9(2)11(14-3)8-10-6-4-5-7-12(10)17(13,15)16/h4-7,9,11,14H,8H2,1-3H3,(H2,13,15,16). The number of nitrogens with one attached hydrogen (secondary N) is 1. The van der Waals surface area contributed by atoms with E-state index in [9.17, 15) is 8.42 Å². The lowest BCUT2D eigenvalue weighted by Gasteiger charge is -2.21. The highest BCUT2D eigenvalue weighted by molar-refractivity contribution is 7.89. The summed E-state index contributed by atoms with van der Waals surface area (Å²) in [6, 6.07) is 7.12. The Labute approximate surface area is 103 Å². The van der Waals surface area contributed by atoms with E-state index in [2.05, 4.69) is 19.2 Å². The molecule has 4 nitrogen and oxygen atoms in total. The Morgan fingerprint density at radius 3 is 2.35 bits per heavy atom. The van der Waals surface area contributed by atoms with Crippen LogP contribution in [0.1, 0.15) is 19.4 Å². The Kier molecular flexibility index (Phi) is 4.68. The first kappa shape index (κ1) is 14.2. The number of benzene rings is 1. The molecule has 0 amide bonds. The molecule has 0 heterocycles. The van der Waals surface area contributed by atoms with E-state index in [4.69, 9.17) is 5.14 Å². The third-order valence-electron chi connectivity index (χ3n) is 2.89. The first-order chi connectivity index (χ1) is 7.86. The Morgan fingerprint density at radius 2 is 1.88 bits per heavy atom. The predicted molar refractivity (Wildman–Crippen MR) is 69.2 cm³/mol. The van der Waals surface area contributed by atoms with Gasteiger partial charge in [0.2, 0.25) is 10.0 Å². The lowest BCUT2D eigenvalue weighted by Crippen LogP contribution is -2.33. The van der Waals surface area contributed by atoms with Crippen LogP contribution in [-0.2, 0) is 16.4 Å². The zero-order valence-electron chi connectivity index (χ0n) is 10.5. The summed E-state index contributed by atoms with van der Waals surface area (Å²) in [5.74, 6) is 0.425.